The van der Waals surface area contributed by atoms with Crippen molar-refractivity contribution in [3.63, 3.8) is 0 Å². The molecule has 1 aliphatic rings. The average Bonchev–Trinajstić information content (AvgIpc) is 1.82. The van der Waals surface area contributed by atoms with E-state index in [2.05, 4.69) is 32.6 Å². The zero-order valence-corrected chi connectivity index (χ0v) is 8.76. The topological polar surface area (TPSA) is 12.5 Å². The lowest BCUT2D eigenvalue weighted by Crippen LogP contribution is -2.44. The monoisotopic (exact) mass is 171 g/mol. The van der Waals surface area contributed by atoms with Crippen molar-refractivity contribution in [2.75, 3.05) is 26.2 Å². The molecule has 0 N–H and O–H groups in total. The van der Waals surface area contributed by atoms with Crippen LogP contribution in [0, 0.1) is 5.41 Å². The second kappa shape index (κ2) is 3.75. The Morgan fingerprint density at radius 3 is 2.58 bits per heavy atom. The Morgan fingerprint density at radius 1 is 1.42 bits per heavy atom. The molecule has 0 aromatic carbocycles. The zero-order valence-electron chi connectivity index (χ0n) is 8.76. The number of hydrogen-bond acceptors (Lipinski definition) is 2. The number of nitrogens with zero attached hydrogens (tertiary/aromatic N) is 1. The minimum atomic E-state index is 0.414. The van der Waals surface area contributed by atoms with Gasteiger partial charge in [-0.1, -0.05) is 20.8 Å². The largest absolute Gasteiger partial charge is 0.376 e. The fourth-order valence-corrected chi connectivity index (χ4v) is 1.71. The molecular weight excluding hydrogens is 150 g/mol. The van der Waals surface area contributed by atoms with E-state index in [0.29, 0.717) is 11.5 Å². The molecular formula is C10H21NO. The van der Waals surface area contributed by atoms with Crippen LogP contribution in [0.1, 0.15) is 27.7 Å². The minimum absolute atomic E-state index is 0.414. The van der Waals surface area contributed by atoms with Crippen LogP contribution in [0.25, 0.3) is 0 Å². The average molecular weight is 171 g/mol. The Bertz CT molecular complexity index is 139. The highest BCUT2D eigenvalue weighted by Crippen LogP contribution is 2.16. The number of hydrogen-bond donors (Lipinski definition) is 0. The molecule has 72 valence electrons. The number of morpholine rings is 1. The van der Waals surface area contributed by atoms with E-state index in [1.165, 1.54) is 6.54 Å². The molecule has 1 aliphatic heterocycles. The Balaban J connectivity index is 2.32. The maximum absolute atomic E-state index is 5.48. The summed E-state index contributed by atoms with van der Waals surface area (Å²) in [5.74, 6) is 0. The highest BCUT2D eigenvalue weighted by Gasteiger charge is 2.21. The smallest absolute Gasteiger partial charge is 0.0674 e. The van der Waals surface area contributed by atoms with Crippen LogP contribution in [-0.4, -0.2) is 37.2 Å². The highest BCUT2D eigenvalue weighted by atomic mass is 16.5. The first kappa shape index (κ1) is 10.0. The van der Waals surface area contributed by atoms with E-state index in [9.17, 15) is 0 Å². The van der Waals surface area contributed by atoms with Crippen LogP contribution in [-0.2, 0) is 4.74 Å². The second-order valence-electron chi connectivity index (χ2n) is 4.98. The van der Waals surface area contributed by atoms with Gasteiger partial charge < -0.3 is 4.74 Å². The predicted octanol–water partition coefficient (Wildman–Crippen LogP) is 1.75. The molecule has 12 heavy (non-hydrogen) atoms. The van der Waals surface area contributed by atoms with Gasteiger partial charge in [0.25, 0.3) is 0 Å². The summed E-state index contributed by atoms with van der Waals surface area (Å²) in [7, 11) is 0. The van der Waals surface area contributed by atoms with Gasteiger partial charge in [0.15, 0.2) is 0 Å². The van der Waals surface area contributed by atoms with Gasteiger partial charge >= 0.3 is 0 Å². The number of rotatable bonds is 1. The minimum Gasteiger partial charge on any atom is -0.376 e. The maximum atomic E-state index is 5.48. The van der Waals surface area contributed by atoms with Gasteiger partial charge in [-0.05, 0) is 12.3 Å². The van der Waals surface area contributed by atoms with Crippen LogP contribution >= 0.6 is 0 Å². The van der Waals surface area contributed by atoms with E-state index < -0.39 is 0 Å². The summed E-state index contributed by atoms with van der Waals surface area (Å²) in [5.41, 5.74) is 0.414. The quantitative estimate of drug-likeness (QED) is 0.596. The molecule has 0 aromatic heterocycles. The molecule has 0 aromatic rings. The lowest BCUT2D eigenvalue weighted by Gasteiger charge is -2.35. The predicted molar refractivity (Wildman–Crippen MR) is 51.3 cm³/mol. The maximum Gasteiger partial charge on any atom is 0.0674 e. The summed E-state index contributed by atoms with van der Waals surface area (Å²) < 4.78 is 5.48. The summed E-state index contributed by atoms with van der Waals surface area (Å²) in [6, 6.07) is 0. The van der Waals surface area contributed by atoms with Crippen LogP contribution < -0.4 is 0 Å². The molecule has 0 unspecified atom stereocenters. The third-order valence-corrected chi connectivity index (χ3v) is 2.02. The lowest BCUT2D eigenvalue weighted by atomic mass is 9.96. The van der Waals surface area contributed by atoms with Gasteiger partial charge in [-0.3, -0.25) is 4.90 Å². The molecule has 1 saturated heterocycles. The molecule has 0 aliphatic carbocycles. The zero-order chi connectivity index (χ0) is 9.19. The van der Waals surface area contributed by atoms with E-state index in [1.54, 1.807) is 0 Å². The molecule has 2 heteroatoms. The first-order chi connectivity index (χ1) is 5.47. The molecule has 1 heterocycles. The van der Waals surface area contributed by atoms with Gasteiger partial charge in [-0.15, -0.1) is 0 Å². The van der Waals surface area contributed by atoms with Gasteiger partial charge in [0.05, 0.1) is 12.7 Å². The molecule has 0 bridgehead atoms. The van der Waals surface area contributed by atoms with Crippen molar-refractivity contribution >= 4 is 0 Å². The van der Waals surface area contributed by atoms with Crippen molar-refractivity contribution in [1.82, 2.24) is 4.90 Å². The van der Waals surface area contributed by atoms with E-state index in [0.717, 1.165) is 19.7 Å². The Kier molecular flexibility index (Phi) is 3.13. The summed E-state index contributed by atoms with van der Waals surface area (Å²) in [5, 5.41) is 0. The standard InChI is InChI=1S/C10H21NO/c1-9-7-11(5-6-12-9)8-10(2,3)4/h9H,5-8H2,1-4H3/t9-/m0/s1. The summed E-state index contributed by atoms with van der Waals surface area (Å²) in [6.45, 7) is 13.3. The first-order valence-electron chi connectivity index (χ1n) is 4.81. The van der Waals surface area contributed by atoms with E-state index in [4.69, 9.17) is 4.74 Å². The summed E-state index contributed by atoms with van der Waals surface area (Å²) in [4.78, 5) is 2.49. The van der Waals surface area contributed by atoms with Crippen LogP contribution in [0.15, 0.2) is 0 Å². The van der Waals surface area contributed by atoms with Gasteiger partial charge in [0, 0.05) is 19.6 Å². The molecule has 0 spiro atoms. The van der Waals surface area contributed by atoms with Crippen molar-refractivity contribution in [2.45, 2.75) is 33.8 Å². The van der Waals surface area contributed by atoms with Gasteiger partial charge in [-0.2, -0.15) is 0 Å². The van der Waals surface area contributed by atoms with Gasteiger partial charge in [0.2, 0.25) is 0 Å². The van der Waals surface area contributed by atoms with Gasteiger partial charge in [0.1, 0.15) is 0 Å². The molecule has 1 fully saturated rings. The Labute approximate surface area is 75.9 Å². The molecule has 1 atom stereocenters. The fraction of sp³-hybridized carbons (Fsp3) is 1.00. The molecule has 0 amide bonds. The third kappa shape index (κ3) is 3.55. The van der Waals surface area contributed by atoms with E-state index in [-0.39, 0.29) is 0 Å². The van der Waals surface area contributed by atoms with Crippen LogP contribution in [0.3, 0.4) is 0 Å². The summed E-state index contributed by atoms with van der Waals surface area (Å²) >= 11 is 0. The molecule has 0 radical (unpaired) electrons. The van der Waals surface area contributed by atoms with E-state index >= 15 is 0 Å². The third-order valence-electron chi connectivity index (χ3n) is 2.02. The van der Waals surface area contributed by atoms with Crippen molar-refractivity contribution < 1.29 is 4.74 Å². The van der Waals surface area contributed by atoms with Crippen molar-refractivity contribution in [1.29, 1.82) is 0 Å². The number of ether oxygens (including phenoxy) is 1. The lowest BCUT2D eigenvalue weighted by molar-refractivity contribution is -0.0276. The summed E-state index contributed by atoms with van der Waals surface area (Å²) in [6.07, 6.45) is 0.418. The van der Waals surface area contributed by atoms with Crippen LogP contribution in [0.4, 0.5) is 0 Å². The van der Waals surface area contributed by atoms with Gasteiger partial charge in [-0.25, -0.2) is 0 Å². The van der Waals surface area contributed by atoms with Crippen LogP contribution in [0.5, 0.6) is 0 Å². The molecule has 2 nitrogen and oxygen atoms in total. The highest BCUT2D eigenvalue weighted by molar-refractivity contribution is 4.73. The second-order valence-corrected chi connectivity index (χ2v) is 4.98. The van der Waals surface area contributed by atoms with Crippen molar-refractivity contribution in [3.8, 4) is 0 Å². The van der Waals surface area contributed by atoms with E-state index in [1.807, 2.05) is 0 Å². The van der Waals surface area contributed by atoms with Crippen molar-refractivity contribution in [2.24, 2.45) is 5.41 Å². The van der Waals surface area contributed by atoms with Crippen LogP contribution in [0.2, 0.25) is 0 Å². The fourth-order valence-electron chi connectivity index (χ4n) is 1.71. The Morgan fingerprint density at radius 2 is 2.08 bits per heavy atom. The molecule has 0 saturated carbocycles. The SMILES string of the molecule is C[C@H]1CN(CC(C)(C)C)CCO1. The first-order valence-corrected chi connectivity index (χ1v) is 4.81. The Hall–Kier alpha value is -0.0800. The molecule has 1 rings (SSSR count). The van der Waals surface area contributed by atoms with Crippen molar-refractivity contribution in [3.05, 3.63) is 0 Å². The normalized spacial score (nSPS) is 27.5.